The van der Waals surface area contributed by atoms with Gasteiger partial charge in [-0.15, -0.1) is 0 Å². The predicted molar refractivity (Wildman–Crippen MR) is 41.4 cm³/mol. The minimum absolute atomic E-state index is 0.0368. The number of nitro benzene ring substituents is 1. The van der Waals surface area contributed by atoms with Crippen LogP contribution in [0.1, 0.15) is 11.1 Å². The van der Waals surface area contributed by atoms with Crippen LogP contribution >= 0.6 is 0 Å². The summed E-state index contributed by atoms with van der Waals surface area (Å²) in [6.07, 6.45) is 0. The topological polar surface area (TPSA) is 66.9 Å². The number of hydrogen-bond donors (Lipinski definition) is 0. The molecule has 0 bridgehead atoms. The molecule has 0 aliphatic rings. The lowest BCUT2D eigenvalue weighted by atomic mass is 10.1. The minimum atomic E-state index is -0.510. The third-order valence-corrected chi connectivity index (χ3v) is 1.45. The molecule has 1 rings (SSSR count). The van der Waals surface area contributed by atoms with Gasteiger partial charge in [0.25, 0.3) is 5.69 Å². The molecule has 0 aliphatic heterocycles. The fourth-order valence-corrected chi connectivity index (χ4v) is 0.813. The summed E-state index contributed by atoms with van der Waals surface area (Å²) < 4.78 is 0. The summed E-state index contributed by atoms with van der Waals surface area (Å²) in [6.45, 7) is 1.61. The fourth-order valence-electron chi connectivity index (χ4n) is 0.813. The number of nitriles is 1. The molecule has 0 unspecified atom stereocenters. The standard InChI is InChI=1S/C8H5N2O2/c1-6-2-3-7(5-9)4-8(6)10(11)12/h2,4H,1H3. The zero-order valence-corrected chi connectivity index (χ0v) is 6.37. The van der Waals surface area contributed by atoms with Crippen LogP contribution in [0, 0.1) is 34.4 Å². The SMILES string of the molecule is Cc1c[c]c(C#N)cc1[N+](=O)[O-]. The van der Waals surface area contributed by atoms with Crippen molar-refractivity contribution in [3.05, 3.63) is 39.4 Å². The summed E-state index contributed by atoms with van der Waals surface area (Å²) in [4.78, 5) is 9.86. The number of benzene rings is 1. The van der Waals surface area contributed by atoms with Crippen molar-refractivity contribution in [3.63, 3.8) is 0 Å². The van der Waals surface area contributed by atoms with Gasteiger partial charge in [-0.2, -0.15) is 5.26 Å². The van der Waals surface area contributed by atoms with Gasteiger partial charge in [0.2, 0.25) is 0 Å². The highest BCUT2D eigenvalue weighted by Gasteiger charge is 2.10. The van der Waals surface area contributed by atoms with Crippen LogP contribution in [0.2, 0.25) is 0 Å². The molecule has 0 amide bonds. The smallest absolute Gasteiger partial charge is 0.258 e. The lowest BCUT2D eigenvalue weighted by Gasteiger charge is -1.94. The lowest BCUT2D eigenvalue weighted by Crippen LogP contribution is -1.92. The van der Waals surface area contributed by atoms with E-state index in [1.807, 2.05) is 0 Å². The number of nitrogens with zero attached hydrogens (tertiary/aromatic N) is 2. The van der Waals surface area contributed by atoms with E-state index < -0.39 is 4.92 Å². The molecule has 0 spiro atoms. The molecule has 0 saturated heterocycles. The molecular weight excluding hydrogens is 156 g/mol. The Morgan fingerprint density at radius 3 is 2.92 bits per heavy atom. The summed E-state index contributed by atoms with van der Waals surface area (Å²) in [5.41, 5.74) is 0.664. The Kier molecular flexibility index (Phi) is 2.06. The highest BCUT2D eigenvalue weighted by molar-refractivity contribution is 5.45. The van der Waals surface area contributed by atoms with E-state index in [0.29, 0.717) is 5.56 Å². The van der Waals surface area contributed by atoms with E-state index in [2.05, 4.69) is 6.07 Å². The van der Waals surface area contributed by atoms with Crippen molar-refractivity contribution in [3.8, 4) is 6.07 Å². The average Bonchev–Trinajstić information content (AvgIpc) is 2.05. The molecule has 0 N–H and O–H groups in total. The van der Waals surface area contributed by atoms with Gasteiger partial charge in [-0.1, -0.05) is 0 Å². The molecule has 4 heteroatoms. The zero-order chi connectivity index (χ0) is 9.14. The van der Waals surface area contributed by atoms with E-state index in [1.54, 1.807) is 13.0 Å². The molecule has 0 aromatic heterocycles. The molecule has 12 heavy (non-hydrogen) atoms. The molecule has 0 saturated carbocycles. The Morgan fingerprint density at radius 1 is 1.75 bits per heavy atom. The van der Waals surface area contributed by atoms with Gasteiger partial charge >= 0.3 is 0 Å². The number of hydrogen-bond acceptors (Lipinski definition) is 3. The quantitative estimate of drug-likeness (QED) is 0.463. The summed E-state index contributed by atoms with van der Waals surface area (Å²) in [5.74, 6) is 0. The van der Waals surface area contributed by atoms with E-state index in [1.165, 1.54) is 12.1 Å². The minimum Gasteiger partial charge on any atom is -0.258 e. The van der Waals surface area contributed by atoms with E-state index in [4.69, 9.17) is 5.26 Å². The van der Waals surface area contributed by atoms with Crippen LogP contribution in [-0.2, 0) is 0 Å². The van der Waals surface area contributed by atoms with Crippen molar-refractivity contribution in [2.75, 3.05) is 0 Å². The van der Waals surface area contributed by atoms with Gasteiger partial charge in [0.05, 0.1) is 10.5 Å². The molecule has 0 fully saturated rings. The van der Waals surface area contributed by atoms with Gasteiger partial charge < -0.3 is 0 Å². The second kappa shape index (κ2) is 3.01. The highest BCUT2D eigenvalue weighted by Crippen LogP contribution is 2.17. The Labute approximate surface area is 69.2 Å². The van der Waals surface area contributed by atoms with Gasteiger partial charge in [-0.25, -0.2) is 0 Å². The van der Waals surface area contributed by atoms with Crippen LogP contribution in [0.15, 0.2) is 12.1 Å². The maximum atomic E-state index is 10.4. The summed E-state index contributed by atoms with van der Waals surface area (Å²) in [7, 11) is 0. The molecule has 1 radical (unpaired) electrons. The first kappa shape index (κ1) is 8.21. The van der Waals surface area contributed by atoms with Crippen LogP contribution in [0.5, 0.6) is 0 Å². The number of rotatable bonds is 1. The Balaban J connectivity index is 3.28. The summed E-state index contributed by atoms with van der Waals surface area (Å²) in [6, 6.07) is 7.06. The maximum absolute atomic E-state index is 10.4. The summed E-state index contributed by atoms with van der Waals surface area (Å²) in [5, 5.41) is 18.8. The van der Waals surface area contributed by atoms with Gasteiger partial charge in [0.1, 0.15) is 6.07 Å². The van der Waals surface area contributed by atoms with Crippen LogP contribution in [0.3, 0.4) is 0 Å². The summed E-state index contributed by atoms with van der Waals surface area (Å²) >= 11 is 0. The van der Waals surface area contributed by atoms with Crippen molar-refractivity contribution < 1.29 is 4.92 Å². The maximum Gasteiger partial charge on any atom is 0.273 e. The largest absolute Gasteiger partial charge is 0.273 e. The Hall–Kier alpha value is -1.89. The first-order valence-electron chi connectivity index (χ1n) is 3.22. The zero-order valence-electron chi connectivity index (χ0n) is 6.37. The molecular formula is C8H5N2O2. The van der Waals surface area contributed by atoms with E-state index in [-0.39, 0.29) is 11.3 Å². The van der Waals surface area contributed by atoms with Crippen molar-refractivity contribution >= 4 is 5.69 Å². The highest BCUT2D eigenvalue weighted by atomic mass is 16.6. The van der Waals surface area contributed by atoms with Crippen molar-refractivity contribution in [2.24, 2.45) is 0 Å². The first-order chi connectivity index (χ1) is 5.65. The second-order valence-electron chi connectivity index (χ2n) is 2.28. The predicted octanol–water partition coefficient (Wildman–Crippen LogP) is 1.58. The lowest BCUT2D eigenvalue weighted by molar-refractivity contribution is -0.385. The number of nitro groups is 1. The number of aryl methyl sites for hydroxylation is 1. The molecule has 0 atom stereocenters. The van der Waals surface area contributed by atoms with Crippen LogP contribution in [0.4, 0.5) is 5.69 Å². The van der Waals surface area contributed by atoms with Crippen molar-refractivity contribution in [1.82, 2.24) is 0 Å². The van der Waals surface area contributed by atoms with Crippen LogP contribution < -0.4 is 0 Å². The second-order valence-corrected chi connectivity index (χ2v) is 2.28. The molecule has 0 aliphatic carbocycles. The van der Waals surface area contributed by atoms with Crippen molar-refractivity contribution in [2.45, 2.75) is 6.92 Å². The Morgan fingerprint density at radius 2 is 2.42 bits per heavy atom. The Bertz CT molecular complexity index is 366. The van der Waals surface area contributed by atoms with Crippen LogP contribution in [-0.4, -0.2) is 4.92 Å². The monoisotopic (exact) mass is 161 g/mol. The van der Waals surface area contributed by atoms with Gasteiger partial charge in [0.15, 0.2) is 0 Å². The first-order valence-corrected chi connectivity index (χ1v) is 3.22. The van der Waals surface area contributed by atoms with Gasteiger partial charge in [0, 0.05) is 17.7 Å². The van der Waals surface area contributed by atoms with Gasteiger partial charge in [-0.05, 0) is 13.0 Å². The molecule has 1 aromatic rings. The molecule has 59 valence electrons. The van der Waals surface area contributed by atoms with Gasteiger partial charge in [-0.3, -0.25) is 10.1 Å². The molecule has 0 heterocycles. The third-order valence-electron chi connectivity index (χ3n) is 1.45. The molecule has 1 aromatic carbocycles. The average molecular weight is 161 g/mol. The van der Waals surface area contributed by atoms with E-state index >= 15 is 0 Å². The van der Waals surface area contributed by atoms with Crippen LogP contribution in [0.25, 0.3) is 0 Å². The van der Waals surface area contributed by atoms with Crippen molar-refractivity contribution in [1.29, 1.82) is 5.26 Å². The van der Waals surface area contributed by atoms with E-state index in [0.717, 1.165) is 0 Å². The molecule has 4 nitrogen and oxygen atoms in total. The normalized spacial score (nSPS) is 9.00. The van der Waals surface area contributed by atoms with E-state index in [9.17, 15) is 10.1 Å². The fraction of sp³-hybridized carbons (Fsp3) is 0.125. The third kappa shape index (κ3) is 1.40.